The van der Waals surface area contributed by atoms with Crippen molar-refractivity contribution >= 4 is 16.9 Å². The number of hydrogen-bond acceptors (Lipinski definition) is 3. The summed E-state index contributed by atoms with van der Waals surface area (Å²) in [5.41, 5.74) is 2.19. The molecule has 1 aromatic heterocycles. The van der Waals surface area contributed by atoms with Crippen molar-refractivity contribution in [3.05, 3.63) is 30.1 Å². The van der Waals surface area contributed by atoms with Crippen LogP contribution in [-0.2, 0) is 11.8 Å². The Morgan fingerprint density at radius 1 is 1.24 bits per heavy atom. The van der Waals surface area contributed by atoms with Gasteiger partial charge >= 0.3 is 0 Å². The van der Waals surface area contributed by atoms with Crippen molar-refractivity contribution < 1.29 is 4.79 Å². The molecule has 0 saturated carbocycles. The predicted octanol–water partition coefficient (Wildman–Crippen LogP) is 3.36. The van der Waals surface area contributed by atoms with E-state index in [1.165, 1.54) is 0 Å². The van der Waals surface area contributed by atoms with Crippen LogP contribution in [0, 0.1) is 0 Å². The molecule has 25 heavy (non-hydrogen) atoms. The molecule has 0 spiro atoms. The Hall–Kier alpha value is -1.88. The van der Waals surface area contributed by atoms with Crippen molar-refractivity contribution in [2.24, 2.45) is 7.05 Å². The smallest absolute Gasteiger partial charge is 0.237 e. The fraction of sp³-hybridized carbons (Fsp3) is 0.600. The van der Waals surface area contributed by atoms with E-state index in [0.29, 0.717) is 6.54 Å². The number of fused-ring (bicyclic) bond motifs is 1. The molecule has 1 saturated heterocycles. The Bertz CT molecular complexity index is 741. The molecule has 1 amide bonds. The number of aromatic nitrogens is 2. The van der Waals surface area contributed by atoms with Crippen LogP contribution in [0.4, 0.5) is 0 Å². The third kappa shape index (κ3) is 3.43. The molecule has 0 bridgehead atoms. The van der Waals surface area contributed by atoms with E-state index >= 15 is 0 Å². The fourth-order valence-electron chi connectivity index (χ4n) is 4.20. The van der Waals surface area contributed by atoms with E-state index < -0.39 is 0 Å². The number of aryl methyl sites for hydroxylation is 1. The lowest BCUT2D eigenvalue weighted by atomic mass is 10.2. The molecule has 0 N–H and O–H groups in total. The second-order valence-corrected chi connectivity index (χ2v) is 7.63. The minimum atomic E-state index is 0.218. The van der Waals surface area contributed by atoms with Gasteiger partial charge < -0.3 is 9.47 Å². The minimum absolute atomic E-state index is 0.218. The minimum Gasteiger partial charge on any atom is -0.337 e. The average Bonchev–Trinajstić information content (AvgIpc) is 3.11. The van der Waals surface area contributed by atoms with Crippen LogP contribution in [0.5, 0.6) is 0 Å². The van der Waals surface area contributed by atoms with E-state index in [2.05, 4.69) is 56.3 Å². The molecular weight excluding hydrogens is 312 g/mol. The first-order valence-corrected chi connectivity index (χ1v) is 9.36. The van der Waals surface area contributed by atoms with Gasteiger partial charge in [0.1, 0.15) is 5.82 Å². The molecule has 0 aliphatic carbocycles. The van der Waals surface area contributed by atoms with Gasteiger partial charge in [0.2, 0.25) is 5.91 Å². The molecule has 1 aliphatic heterocycles. The molecule has 1 aromatic carbocycles. The topological polar surface area (TPSA) is 41.4 Å². The third-order valence-corrected chi connectivity index (χ3v) is 5.22. The van der Waals surface area contributed by atoms with Gasteiger partial charge in [-0.3, -0.25) is 9.69 Å². The Morgan fingerprint density at radius 2 is 1.92 bits per heavy atom. The van der Waals surface area contributed by atoms with Crippen molar-refractivity contribution in [2.75, 3.05) is 13.1 Å². The summed E-state index contributed by atoms with van der Waals surface area (Å²) >= 11 is 0. The van der Waals surface area contributed by atoms with Crippen molar-refractivity contribution in [1.29, 1.82) is 0 Å². The molecule has 0 unspecified atom stereocenters. The Labute approximate surface area is 150 Å². The summed E-state index contributed by atoms with van der Waals surface area (Å²) in [6.07, 6.45) is 2.18. The molecule has 2 aromatic rings. The largest absolute Gasteiger partial charge is 0.337 e. The van der Waals surface area contributed by atoms with E-state index in [-0.39, 0.29) is 24.0 Å². The van der Waals surface area contributed by atoms with Gasteiger partial charge in [-0.05, 0) is 59.2 Å². The van der Waals surface area contributed by atoms with Gasteiger partial charge in [0.15, 0.2) is 0 Å². The van der Waals surface area contributed by atoms with Crippen molar-refractivity contribution in [3.8, 4) is 0 Å². The molecule has 1 fully saturated rings. The molecule has 5 heteroatoms. The highest BCUT2D eigenvalue weighted by molar-refractivity contribution is 5.79. The highest BCUT2D eigenvalue weighted by Gasteiger charge is 2.33. The summed E-state index contributed by atoms with van der Waals surface area (Å²) in [6, 6.07) is 8.92. The Kier molecular flexibility index (Phi) is 5.13. The average molecular weight is 342 g/mol. The summed E-state index contributed by atoms with van der Waals surface area (Å²) in [7, 11) is 2.08. The number of imidazole rings is 1. The van der Waals surface area contributed by atoms with E-state index in [4.69, 9.17) is 4.98 Å². The van der Waals surface area contributed by atoms with Crippen LogP contribution in [0.15, 0.2) is 24.3 Å². The van der Waals surface area contributed by atoms with Crippen LogP contribution in [0.25, 0.3) is 11.0 Å². The highest BCUT2D eigenvalue weighted by atomic mass is 16.2. The molecule has 1 aliphatic rings. The fourth-order valence-corrected chi connectivity index (χ4v) is 4.20. The lowest BCUT2D eigenvalue weighted by Gasteiger charge is -2.33. The van der Waals surface area contributed by atoms with Crippen molar-refractivity contribution in [3.63, 3.8) is 0 Å². The number of rotatable bonds is 5. The number of benzene rings is 1. The van der Waals surface area contributed by atoms with Crippen molar-refractivity contribution in [1.82, 2.24) is 19.4 Å². The predicted molar refractivity (Wildman–Crippen MR) is 101 cm³/mol. The van der Waals surface area contributed by atoms with Crippen LogP contribution in [0.3, 0.4) is 0 Å². The standard InChI is InChI=1S/C20H30N4O/c1-14(2)24(15(3)4)19(25)13-23-12-8-11-18(23)20-21-16-9-6-7-10-17(16)22(20)5/h6-7,9-10,14-15,18H,8,11-13H2,1-5H3/t18-/m1/s1. The molecular formula is C20H30N4O. The molecule has 2 heterocycles. The van der Waals surface area contributed by atoms with Gasteiger partial charge in [-0.15, -0.1) is 0 Å². The monoisotopic (exact) mass is 342 g/mol. The summed E-state index contributed by atoms with van der Waals surface area (Å²) in [6.45, 7) is 9.79. The summed E-state index contributed by atoms with van der Waals surface area (Å²) in [5, 5.41) is 0. The maximum Gasteiger partial charge on any atom is 0.237 e. The lowest BCUT2D eigenvalue weighted by Crippen LogP contribution is -2.47. The number of carbonyl (C=O) groups is 1. The van der Waals surface area contributed by atoms with E-state index in [1.54, 1.807) is 0 Å². The van der Waals surface area contributed by atoms with Gasteiger partial charge in [0.25, 0.3) is 0 Å². The van der Waals surface area contributed by atoms with Crippen molar-refractivity contribution in [2.45, 2.75) is 58.7 Å². The first-order chi connectivity index (χ1) is 11.9. The second kappa shape index (κ2) is 7.16. The first-order valence-electron chi connectivity index (χ1n) is 9.36. The molecule has 3 rings (SSSR count). The maximum atomic E-state index is 12.9. The summed E-state index contributed by atoms with van der Waals surface area (Å²) in [4.78, 5) is 22.0. The van der Waals surface area contributed by atoms with Crippen LogP contribution >= 0.6 is 0 Å². The number of amides is 1. The quantitative estimate of drug-likeness (QED) is 0.837. The van der Waals surface area contributed by atoms with E-state index in [0.717, 1.165) is 36.2 Å². The number of nitrogens with zero attached hydrogens (tertiary/aromatic N) is 4. The molecule has 0 radical (unpaired) electrons. The SMILES string of the molecule is CC(C)N(C(=O)CN1CCC[C@@H]1c1nc2ccccc2n1C)C(C)C. The summed E-state index contributed by atoms with van der Waals surface area (Å²) < 4.78 is 2.19. The Balaban J connectivity index is 1.82. The molecule has 136 valence electrons. The second-order valence-electron chi connectivity index (χ2n) is 7.63. The van der Waals surface area contributed by atoms with Gasteiger partial charge in [0.05, 0.1) is 23.6 Å². The highest BCUT2D eigenvalue weighted by Crippen LogP contribution is 2.32. The van der Waals surface area contributed by atoms with E-state index in [9.17, 15) is 4.79 Å². The molecule has 5 nitrogen and oxygen atoms in total. The normalized spacial score (nSPS) is 18.6. The van der Waals surface area contributed by atoms with Gasteiger partial charge in [-0.1, -0.05) is 12.1 Å². The zero-order valence-corrected chi connectivity index (χ0v) is 16.1. The van der Waals surface area contributed by atoms with Crippen LogP contribution in [0.2, 0.25) is 0 Å². The van der Waals surface area contributed by atoms with Crippen LogP contribution < -0.4 is 0 Å². The number of likely N-dealkylation sites (tertiary alicyclic amines) is 1. The Morgan fingerprint density at radius 3 is 2.56 bits per heavy atom. The zero-order valence-electron chi connectivity index (χ0n) is 16.1. The van der Waals surface area contributed by atoms with Gasteiger partial charge in [-0.25, -0.2) is 4.98 Å². The van der Waals surface area contributed by atoms with Gasteiger partial charge in [0, 0.05) is 19.1 Å². The van der Waals surface area contributed by atoms with Crippen LogP contribution in [0.1, 0.15) is 52.4 Å². The van der Waals surface area contributed by atoms with E-state index in [1.807, 2.05) is 17.0 Å². The first kappa shape index (κ1) is 17.9. The number of carbonyl (C=O) groups excluding carboxylic acids is 1. The molecule has 1 atom stereocenters. The summed E-state index contributed by atoms with van der Waals surface area (Å²) in [5.74, 6) is 1.29. The van der Waals surface area contributed by atoms with Gasteiger partial charge in [-0.2, -0.15) is 0 Å². The third-order valence-electron chi connectivity index (χ3n) is 5.22. The number of para-hydroxylation sites is 2. The zero-order chi connectivity index (χ0) is 18.1. The number of hydrogen-bond donors (Lipinski definition) is 0. The maximum absolute atomic E-state index is 12.9. The van der Waals surface area contributed by atoms with Crippen LogP contribution in [-0.4, -0.2) is 50.4 Å². The lowest BCUT2D eigenvalue weighted by molar-refractivity contribution is -0.136.